The van der Waals surface area contributed by atoms with Gasteiger partial charge >= 0.3 is 0 Å². The second kappa shape index (κ2) is 5.06. The van der Waals surface area contributed by atoms with Crippen LogP contribution in [0.4, 0.5) is 0 Å². The second-order valence-corrected chi connectivity index (χ2v) is 1.78. The van der Waals surface area contributed by atoms with Gasteiger partial charge in [-0.2, -0.15) is 0 Å². The van der Waals surface area contributed by atoms with Gasteiger partial charge in [-0.15, -0.1) is 0 Å². The molecule has 0 bridgehead atoms. The molecule has 50 valence electrons. The van der Waals surface area contributed by atoms with Crippen LogP contribution in [0.1, 0.15) is 19.8 Å². The number of ether oxygens (including phenoxy) is 1. The highest BCUT2D eigenvalue weighted by atomic mass is 16.5. The number of methoxy groups -OCH3 is 1. The molecule has 8 heavy (non-hydrogen) atoms. The van der Waals surface area contributed by atoms with Gasteiger partial charge in [0.25, 0.3) is 0 Å². The highest BCUT2D eigenvalue weighted by Gasteiger charge is 2.00. The largest absolute Gasteiger partial charge is 0.396 e. The van der Waals surface area contributed by atoms with Crippen LogP contribution < -0.4 is 0 Å². The molecule has 0 saturated heterocycles. The summed E-state index contributed by atoms with van der Waals surface area (Å²) < 4.78 is 4.98. The van der Waals surface area contributed by atoms with E-state index in [4.69, 9.17) is 9.84 Å². The van der Waals surface area contributed by atoms with Crippen molar-refractivity contribution in [1.29, 1.82) is 0 Å². The van der Waals surface area contributed by atoms with Gasteiger partial charge in [-0.1, -0.05) is 6.92 Å². The second-order valence-electron chi connectivity index (χ2n) is 1.78. The molecule has 1 atom stereocenters. The van der Waals surface area contributed by atoms with Crippen LogP contribution in [0.2, 0.25) is 0 Å². The van der Waals surface area contributed by atoms with Crippen molar-refractivity contribution < 1.29 is 9.84 Å². The number of hydrogen-bond acceptors (Lipinski definition) is 2. The Morgan fingerprint density at radius 1 is 1.62 bits per heavy atom. The zero-order chi connectivity index (χ0) is 6.41. The summed E-state index contributed by atoms with van der Waals surface area (Å²) in [6, 6.07) is 0. The first-order chi connectivity index (χ1) is 3.85. The van der Waals surface area contributed by atoms with E-state index < -0.39 is 0 Å². The van der Waals surface area contributed by atoms with Gasteiger partial charge in [-0.25, -0.2) is 0 Å². The van der Waals surface area contributed by atoms with Crippen LogP contribution >= 0.6 is 0 Å². The third-order valence-electron chi connectivity index (χ3n) is 1.24. The Morgan fingerprint density at radius 3 is 2.38 bits per heavy atom. The van der Waals surface area contributed by atoms with E-state index in [-0.39, 0.29) is 12.7 Å². The van der Waals surface area contributed by atoms with Gasteiger partial charge in [-0.3, -0.25) is 0 Å². The van der Waals surface area contributed by atoms with Crippen LogP contribution in [0.5, 0.6) is 0 Å². The Balaban J connectivity index is 3.07. The van der Waals surface area contributed by atoms with Crippen LogP contribution in [-0.2, 0) is 4.74 Å². The first kappa shape index (κ1) is 7.92. The van der Waals surface area contributed by atoms with Crippen LogP contribution in [0.3, 0.4) is 0 Å². The van der Waals surface area contributed by atoms with Gasteiger partial charge < -0.3 is 9.84 Å². The Morgan fingerprint density at radius 2 is 2.25 bits per heavy atom. The molecule has 2 heteroatoms. The molecule has 0 heterocycles. The number of hydrogen-bond donors (Lipinski definition) is 1. The summed E-state index contributed by atoms with van der Waals surface area (Å²) in [7, 11) is 1.67. The molecule has 0 spiro atoms. The molecule has 0 saturated carbocycles. The predicted octanol–water partition coefficient (Wildman–Crippen LogP) is 0.794. The minimum Gasteiger partial charge on any atom is -0.396 e. The normalized spacial score (nSPS) is 13.9. The zero-order valence-electron chi connectivity index (χ0n) is 5.55. The lowest BCUT2D eigenvalue weighted by Gasteiger charge is -2.09. The van der Waals surface area contributed by atoms with Crippen LogP contribution in [0.25, 0.3) is 0 Å². The minimum absolute atomic E-state index is 0.229. The molecule has 0 fully saturated rings. The Kier molecular flexibility index (Phi) is 5.01. The van der Waals surface area contributed by atoms with Crippen molar-refractivity contribution in [2.24, 2.45) is 0 Å². The molecule has 0 rings (SSSR count). The van der Waals surface area contributed by atoms with Crippen molar-refractivity contribution in [3.8, 4) is 0 Å². The Labute approximate surface area is 50.5 Å². The molecule has 1 N–H and O–H groups in total. The fraction of sp³-hybridized carbons (Fsp3) is 1.00. The van der Waals surface area contributed by atoms with Crippen molar-refractivity contribution in [3.05, 3.63) is 0 Å². The van der Waals surface area contributed by atoms with Gasteiger partial charge in [-0.05, 0) is 12.8 Å². The summed E-state index contributed by atoms with van der Waals surface area (Å²) in [4.78, 5) is 0. The van der Waals surface area contributed by atoms with Crippen molar-refractivity contribution in [1.82, 2.24) is 0 Å². The monoisotopic (exact) mass is 118 g/mol. The minimum atomic E-state index is 0.229. The van der Waals surface area contributed by atoms with Gasteiger partial charge in [0.15, 0.2) is 0 Å². The maximum Gasteiger partial charge on any atom is 0.0590 e. The smallest absolute Gasteiger partial charge is 0.0590 e. The lowest BCUT2D eigenvalue weighted by Crippen LogP contribution is -2.10. The number of aliphatic hydroxyl groups is 1. The first-order valence-corrected chi connectivity index (χ1v) is 2.98. The molecule has 0 aliphatic carbocycles. The summed E-state index contributed by atoms with van der Waals surface area (Å²) in [5.74, 6) is 0. The molecule has 0 aliphatic rings. The van der Waals surface area contributed by atoms with E-state index in [0.29, 0.717) is 0 Å². The maximum absolute atomic E-state index is 8.42. The highest BCUT2D eigenvalue weighted by Crippen LogP contribution is 1.99. The molecular formula is C6H14O2. The molecule has 0 amide bonds. The van der Waals surface area contributed by atoms with E-state index in [1.807, 2.05) is 6.92 Å². The van der Waals surface area contributed by atoms with E-state index in [9.17, 15) is 0 Å². The standard InChI is InChI=1S/C6H14O2/c1-3-6(8-2)4-5-7/h6-7H,3-5H2,1-2H3. The van der Waals surface area contributed by atoms with Crippen molar-refractivity contribution in [3.63, 3.8) is 0 Å². The van der Waals surface area contributed by atoms with E-state index in [2.05, 4.69) is 0 Å². The lowest BCUT2D eigenvalue weighted by atomic mass is 10.2. The Bertz CT molecular complexity index is 41.8. The van der Waals surface area contributed by atoms with Crippen LogP contribution in [-0.4, -0.2) is 24.9 Å². The number of rotatable bonds is 4. The van der Waals surface area contributed by atoms with E-state index >= 15 is 0 Å². The number of aliphatic hydroxyl groups excluding tert-OH is 1. The van der Waals surface area contributed by atoms with Gasteiger partial charge in [0.2, 0.25) is 0 Å². The Hall–Kier alpha value is -0.0800. The lowest BCUT2D eigenvalue weighted by molar-refractivity contribution is 0.0749. The van der Waals surface area contributed by atoms with Gasteiger partial charge in [0.05, 0.1) is 6.10 Å². The first-order valence-electron chi connectivity index (χ1n) is 2.98. The molecule has 0 aromatic heterocycles. The molecule has 0 aromatic carbocycles. The summed E-state index contributed by atoms with van der Waals surface area (Å²) >= 11 is 0. The average Bonchev–Trinajstić information content (AvgIpc) is 1.83. The van der Waals surface area contributed by atoms with E-state index in [1.165, 1.54) is 0 Å². The zero-order valence-corrected chi connectivity index (χ0v) is 5.55. The highest BCUT2D eigenvalue weighted by molar-refractivity contribution is 4.51. The predicted molar refractivity (Wildman–Crippen MR) is 32.8 cm³/mol. The third kappa shape index (κ3) is 2.99. The molecular weight excluding hydrogens is 104 g/mol. The molecule has 0 radical (unpaired) electrons. The van der Waals surface area contributed by atoms with Crippen LogP contribution in [0.15, 0.2) is 0 Å². The van der Waals surface area contributed by atoms with Crippen molar-refractivity contribution in [2.75, 3.05) is 13.7 Å². The van der Waals surface area contributed by atoms with E-state index in [0.717, 1.165) is 12.8 Å². The average molecular weight is 118 g/mol. The molecule has 0 aromatic rings. The third-order valence-corrected chi connectivity index (χ3v) is 1.24. The van der Waals surface area contributed by atoms with E-state index in [1.54, 1.807) is 7.11 Å². The maximum atomic E-state index is 8.42. The van der Waals surface area contributed by atoms with Crippen LogP contribution in [0, 0.1) is 0 Å². The SMILES string of the molecule is CCC(CCO)OC. The van der Waals surface area contributed by atoms with Crippen molar-refractivity contribution in [2.45, 2.75) is 25.9 Å². The summed E-state index contributed by atoms with van der Waals surface area (Å²) in [5.41, 5.74) is 0. The summed E-state index contributed by atoms with van der Waals surface area (Å²) in [6.07, 6.45) is 1.99. The fourth-order valence-corrected chi connectivity index (χ4v) is 0.633. The molecule has 0 aliphatic heterocycles. The fourth-order valence-electron chi connectivity index (χ4n) is 0.633. The summed E-state index contributed by atoms with van der Waals surface area (Å²) in [5, 5.41) is 8.42. The topological polar surface area (TPSA) is 29.5 Å². The molecule has 2 nitrogen and oxygen atoms in total. The summed E-state index contributed by atoms with van der Waals surface area (Å²) in [6.45, 7) is 2.27. The van der Waals surface area contributed by atoms with Crippen molar-refractivity contribution >= 4 is 0 Å². The quantitative estimate of drug-likeness (QED) is 0.591. The van der Waals surface area contributed by atoms with Gasteiger partial charge in [0.1, 0.15) is 0 Å². The van der Waals surface area contributed by atoms with Gasteiger partial charge in [0, 0.05) is 13.7 Å². The molecule has 1 unspecified atom stereocenters.